The fourth-order valence-electron chi connectivity index (χ4n) is 1.79. The van der Waals surface area contributed by atoms with Crippen LogP contribution in [0, 0.1) is 0 Å². The number of sulfone groups is 1. The second-order valence-corrected chi connectivity index (χ2v) is 8.54. The average molecular weight is 405 g/mol. The summed E-state index contributed by atoms with van der Waals surface area (Å²) in [5, 5.41) is 2.87. The average Bonchev–Trinajstić information content (AvgIpc) is 2.55. The van der Waals surface area contributed by atoms with Crippen molar-refractivity contribution in [1.29, 1.82) is 0 Å². The van der Waals surface area contributed by atoms with Crippen molar-refractivity contribution < 1.29 is 27.5 Å². The zero-order chi connectivity index (χ0) is 19.9. The Morgan fingerprint density at radius 3 is 2.27 bits per heavy atom. The second kappa shape index (κ2) is 9.54. The Bertz CT molecular complexity index is 761. The Labute approximate surface area is 157 Å². The molecule has 0 radical (unpaired) electrons. The van der Waals surface area contributed by atoms with Crippen LogP contribution >= 0.6 is 11.6 Å². The van der Waals surface area contributed by atoms with Gasteiger partial charge in [-0.05, 0) is 30.7 Å². The molecule has 0 spiro atoms. The Morgan fingerprint density at radius 1 is 1.19 bits per heavy atom. The lowest BCUT2D eigenvalue weighted by molar-refractivity contribution is -0.152. The van der Waals surface area contributed by atoms with Crippen molar-refractivity contribution in [2.75, 3.05) is 32.7 Å². The van der Waals surface area contributed by atoms with Crippen LogP contribution in [0.1, 0.15) is 16.8 Å². The zero-order valence-electron chi connectivity index (χ0n) is 14.7. The molecule has 0 unspecified atom stereocenters. The molecular formula is C16H21ClN2O6S. The molecule has 2 amide bonds. The van der Waals surface area contributed by atoms with Crippen molar-refractivity contribution in [2.45, 2.75) is 12.5 Å². The molecule has 1 atom stereocenters. The first-order valence-corrected chi connectivity index (χ1v) is 10.0. The van der Waals surface area contributed by atoms with Gasteiger partial charge < -0.3 is 15.0 Å². The van der Waals surface area contributed by atoms with Crippen LogP contribution < -0.4 is 5.32 Å². The zero-order valence-corrected chi connectivity index (χ0v) is 16.3. The summed E-state index contributed by atoms with van der Waals surface area (Å²) < 4.78 is 27.6. The SMILES string of the molecule is CN(C)C(=O)COC(=O)[C@@H](CCS(C)(=O)=O)NC(=O)c1ccc(Cl)cc1. The molecule has 1 N–H and O–H groups in total. The van der Waals surface area contributed by atoms with Crippen molar-refractivity contribution in [3.8, 4) is 0 Å². The summed E-state index contributed by atoms with van der Waals surface area (Å²) in [6.07, 6.45) is 0.846. The maximum Gasteiger partial charge on any atom is 0.329 e. The van der Waals surface area contributed by atoms with Gasteiger partial charge in [0.1, 0.15) is 15.9 Å². The lowest BCUT2D eigenvalue weighted by atomic mass is 10.1. The van der Waals surface area contributed by atoms with Crippen LogP contribution in [0.25, 0.3) is 0 Å². The molecule has 144 valence electrons. The van der Waals surface area contributed by atoms with Crippen molar-refractivity contribution in [3.63, 3.8) is 0 Å². The number of hydrogen-bond acceptors (Lipinski definition) is 6. The third-order valence-electron chi connectivity index (χ3n) is 3.31. The van der Waals surface area contributed by atoms with Crippen LogP contribution in [-0.4, -0.2) is 69.9 Å². The summed E-state index contributed by atoms with van der Waals surface area (Å²) in [4.78, 5) is 37.2. The van der Waals surface area contributed by atoms with Gasteiger partial charge in [0.25, 0.3) is 11.8 Å². The third-order valence-corrected chi connectivity index (χ3v) is 4.54. The summed E-state index contributed by atoms with van der Waals surface area (Å²) >= 11 is 5.76. The molecule has 10 heteroatoms. The molecule has 1 aromatic rings. The molecule has 0 heterocycles. The summed E-state index contributed by atoms with van der Waals surface area (Å²) in [5.74, 6) is -2.23. The first kappa shape index (κ1) is 21.9. The molecule has 1 aromatic carbocycles. The molecular weight excluding hydrogens is 384 g/mol. The highest BCUT2D eigenvalue weighted by atomic mass is 35.5. The minimum absolute atomic E-state index is 0.173. The topological polar surface area (TPSA) is 110 Å². The number of amides is 2. The fraction of sp³-hybridized carbons (Fsp3) is 0.438. The minimum Gasteiger partial charge on any atom is -0.454 e. The minimum atomic E-state index is -3.36. The number of esters is 1. The number of nitrogens with one attached hydrogen (secondary N) is 1. The Balaban J connectivity index is 2.82. The van der Waals surface area contributed by atoms with Crippen LogP contribution in [0.15, 0.2) is 24.3 Å². The highest BCUT2D eigenvalue weighted by Crippen LogP contribution is 2.10. The predicted octanol–water partition coefficient (Wildman–Crippen LogP) is 0.505. The number of likely N-dealkylation sites (N-methyl/N-ethyl adjacent to an activating group) is 1. The Kier molecular flexibility index (Phi) is 8.04. The van der Waals surface area contributed by atoms with E-state index in [9.17, 15) is 22.8 Å². The number of carbonyl (C=O) groups excluding carboxylic acids is 3. The molecule has 0 bridgehead atoms. The van der Waals surface area contributed by atoms with E-state index < -0.39 is 40.3 Å². The number of benzene rings is 1. The van der Waals surface area contributed by atoms with E-state index >= 15 is 0 Å². The van der Waals surface area contributed by atoms with Crippen LogP contribution in [-0.2, 0) is 24.2 Å². The molecule has 0 aliphatic rings. The van der Waals surface area contributed by atoms with E-state index in [-0.39, 0.29) is 17.7 Å². The first-order chi connectivity index (χ1) is 12.0. The highest BCUT2D eigenvalue weighted by molar-refractivity contribution is 7.90. The number of hydrogen-bond donors (Lipinski definition) is 1. The molecule has 26 heavy (non-hydrogen) atoms. The van der Waals surface area contributed by atoms with E-state index in [1.165, 1.54) is 43.3 Å². The van der Waals surface area contributed by atoms with Crippen molar-refractivity contribution in [1.82, 2.24) is 10.2 Å². The van der Waals surface area contributed by atoms with Gasteiger partial charge in [0.15, 0.2) is 6.61 Å². The van der Waals surface area contributed by atoms with Crippen LogP contribution in [0.4, 0.5) is 0 Å². The summed E-state index contributed by atoms with van der Waals surface area (Å²) in [7, 11) is -0.356. The molecule has 8 nitrogen and oxygen atoms in total. The van der Waals surface area contributed by atoms with Gasteiger partial charge in [0.2, 0.25) is 0 Å². The van der Waals surface area contributed by atoms with Gasteiger partial charge in [-0.3, -0.25) is 9.59 Å². The number of carbonyl (C=O) groups is 3. The van der Waals surface area contributed by atoms with E-state index in [2.05, 4.69) is 5.32 Å². The molecule has 0 aromatic heterocycles. The second-order valence-electron chi connectivity index (χ2n) is 5.85. The van der Waals surface area contributed by atoms with Gasteiger partial charge in [-0.25, -0.2) is 13.2 Å². The van der Waals surface area contributed by atoms with E-state index in [1.54, 1.807) is 0 Å². The van der Waals surface area contributed by atoms with Gasteiger partial charge in [-0.1, -0.05) is 11.6 Å². The lowest BCUT2D eigenvalue weighted by Crippen LogP contribution is -2.44. The maximum absolute atomic E-state index is 12.3. The van der Waals surface area contributed by atoms with Crippen LogP contribution in [0.3, 0.4) is 0 Å². The Morgan fingerprint density at radius 2 is 1.77 bits per heavy atom. The molecule has 0 saturated heterocycles. The number of nitrogens with zero attached hydrogens (tertiary/aromatic N) is 1. The summed E-state index contributed by atoms with van der Waals surface area (Å²) in [6, 6.07) is 4.74. The molecule has 0 fully saturated rings. The maximum atomic E-state index is 12.3. The monoisotopic (exact) mass is 404 g/mol. The molecule has 0 saturated carbocycles. The van der Waals surface area contributed by atoms with E-state index in [0.29, 0.717) is 5.02 Å². The standard InChI is InChI=1S/C16H21ClN2O6S/c1-19(2)14(20)10-25-16(22)13(8-9-26(3,23)24)18-15(21)11-4-6-12(17)7-5-11/h4-7,13H,8-10H2,1-3H3,(H,18,21)/t13-/m1/s1. The highest BCUT2D eigenvalue weighted by Gasteiger charge is 2.25. The molecule has 0 aliphatic carbocycles. The number of ether oxygens (including phenoxy) is 1. The third kappa shape index (κ3) is 7.83. The van der Waals surface area contributed by atoms with Crippen molar-refractivity contribution in [2.24, 2.45) is 0 Å². The van der Waals surface area contributed by atoms with Crippen molar-refractivity contribution in [3.05, 3.63) is 34.9 Å². The predicted molar refractivity (Wildman–Crippen MR) is 96.7 cm³/mol. The molecule has 0 aliphatic heterocycles. The van der Waals surface area contributed by atoms with Gasteiger partial charge in [-0.15, -0.1) is 0 Å². The number of halogens is 1. The van der Waals surface area contributed by atoms with Gasteiger partial charge in [0.05, 0.1) is 5.75 Å². The van der Waals surface area contributed by atoms with E-state index in [1.807, 2.05) is 0 Å². The molecule has 1 rings (SSSR count). The number of rotatable bonds is 8. The Hall–Kier alpha value is -2.13. The lowest BCUT2D eigenvalue weighted by Gasteiger charge is -2.18. The fourth-order valence-corrected chi connectivity index (χ4v) is 2.58. The van der Waals surface area contributed by atoms with Gasteiger partial charge >= 0.3 is 5.97 Å². The summed E-state index contributed by atoms with van der Waals surface area (Å²) in [5.41, 5.74) is 0.246. The smallest absolute Gasteiger partial charge is 0.329 e. The van der Waals surface area contributed by atoms with Crippen molar-refractivity contribution >= 4 is 39.2 Å². The quantitative estimate of drug-likeness (QED) is 0.632. The largest absolute Gasteiger partial charge is 0.454 e. The summed E-state index contributed by atoms with van der Waals surface area (Å²) in [6.45, 7) is -0.502. The van der Waals surface area contributed by atoms with E-state index in [4.69, 9.17) is 16.3 Å². The van der Waals surface area contributed by atoms with Crippen LogP contribution in [0.5, 0.6) is 0 Å². The van der Waals surface area contributed by atoms with Gasteiger partial charge in [-0.2, -0.15) is 0 Å². The first-order valence-electron chi connectivity index (χ1n) is 7.60. The van der Waals surface area contributed by atoms with Crippen LogP contribution in [0.2, 0.25) is 5.02 Å². The van der Waals surface area contributed by atoms with E-state index in [0.717, 1.165) is 6.26 Å². The normalized spacial score (nSPS) is 12.2. The van der Waals surface area contributed by atoms with Gasteiger partial charge in [0, 0.05) is 30.9 Å².